The highest BCUT2D eigenvalue weighted by molar-refractivity contribution is 6.20. The highest BCUT2D eigenvalue weighted by Crippen LogP contribution is 2.47. The highest BCUT2D eigenvalue weighted by Gasteiger charge is 2.59. The molecule has 9 heteroatoms. The Morgan fingerprint density at radius 3 is 1.10 bits per heavy atom. The lowest BCUT2D eigenvalue weighted by Gasteiger charge is -2.23. The molecule has 0 spiro atoms. The van der Waals surface area contributed by atoms with E-state index in [9.17, 15) is 28.8 Å². The van der Waals surface area contributed by atoms with Crippen molar-refractivity contribution >= 4 is 35.8 Å². The smallest absolute Gasteiger partial charge is 0.343 e. The van der Waals surface area contributed by atoms with Gasteiger partial charge in [-0.15, -0.1) is 0 Å². The van der Waals surface area contributed by atoms with Gasteiger partial charge in [-0.25, -0.2) is 19.2 Å². The van der Waals surface area contributed by atoms with Crippen LogP contribution in [-0.4, -0.2) is 35.8 Å². The lowest BCUT2D eigenvalue weighted by molar-refractivity contribution is -0.156. The summed E-state index contributed by atoms with van der Waals surface area (Å²) in [6.07, 6.45) is 0. The predicted molar refractivity (Wildman–Crippen MR) is 93.2 cm³/mol. The van der Waals surface area contributed by atoms with E-state index >= 15 is 0 Å². The first-order valence-electron chi connectivity index (χ1n) is 8.94. The first-order chi connectivity index (χ1) is 13.2. The Morgan fingerprint density at radius 2 is 0.828 bits per heavy atom. The fourth-order valence-corrected chi connectivity index (χ4v) is 3.86. The van der Waals surface area contributed by atoms with Gasteiger partial charge in [0.25, 0.3) is 0 Å². The molecule has 0 amide bonds. The number of carbonyl (C=O) groups excluding carboxylic acids is 6. The average Bonchev–Trinajstić information content (AvgIpc) is 3.08. The quantitative estimate of drug-likeness (QED) is 0.378. The van der Waals surface area contributed by atoms with Crippen LogP contribution in [0.4, 0.5) is 0 Å². The zero-order valence-electron chi connectivity index (χ0n) is 16.8. The molecule has 0 radical (unpaired) electrons. The summed E-state index contributed by atoms with van der Waals surface area (Å²) >= 11 is 0. The number of hydrogen-bond acceptors (Lipinski definition) is 9. The molecule has 3 heterocycles. The van der Waals surface area contributed by atoms with Crippen molar-refractivity contribution in [2.45, 2.75) is 41.5 Å². The van der Waals surface area contributed by atoms with Crippen LogP contribution in [0, 0.1) is 22.7 Å². The summed E-state index contributed by atoms with van der Waals surface area (Å²) in [6.45, 7) is 9.79. The fraction of sp³-hybridized carbons (Fsp3) is 0.500. The van der Waals surface area contributed by atoms with Crippen LogP contribution in [0.1, 0.15) is 41.5 Å². The molecule has 0 saturated carbocycles. The molecule has 9 nitrogen and oxygen atoms in total. The Morgan fingerprint density at radius 1 is 0.517 bits per heavy atom. The maximum atomic E-state index is 12.6. The summed E-state index contributed by atoms with van der Waals surface area (Å²) < 4.78 is 14.1. The van der Waals surface area contributed by atoms with Crippen LogP contribution in [0.25, 0.3) is 0 Å². The van der Waals surface area contributed by atoms with Gasteiger partial charge >= 0.3 is 35.8 Å². The number of ether oxygens (including phenoxy) is 3. The Bertz CT molecular complexity index is 885. The molecule has 0 aromatic rings. The SMILES string of the molecule is CC(C)(C)C1=C(C2C(=O)OC(=O)C2C2=C(C(C)(C)C)C(=O)OC2=O)C(=O)OC1=O. The number of carbonyl (C=O) groups is 6. The first kappa shape index (κ1) is 20.6. The molecule has 1 saturated heterocycles. The summed E-state index contributed by atoms with van der Waals surface area (Å²) in [6, 6.07) is 0. The molecule has 2 atom stereocenters. The maximum absolute atomic E-state index is 12.6. The first-order valence-corrected chi connectivity index (χ1v) is 8.94. The van der Waals surface area contributed by atoms with Crippen molar-refractivity contribution in [1.82, 2.24) is 0 Å². The topological polar surface area (TPSA) is 130 Å². The summed E-state index contributed by atoms with van der Waals surface area (Å²) in [4.78, 5) is 74.5. The van der Waals surface area contributed by atoms with Gasteiger partial charge in [0.05, 0.1) is 22.3 Å². The number of rotatable bonds is 2. The van der Waals surface area contributed by atoms with Crippen molar-refractivity contribution in [1.29, 1.82) is 0 Å². The molecular formula is C20H20O9. The summed E-state index contributed by atoms with van der Waals surface area (Å²) in [7, 11) is 0. The van der Waals surface area contributed by atoms with Gasteiger partial charge in [-0.1, -0.05) is 41.5 Å². The van der Waals surface area contributed by atoms with Crippen molar-refractivity contribution in [3.05, 3.63) is 22.3 Å². The number of cyclic esters (lactones) is 6. The zero-order valence-corrected chi connectivity index (χ0v) is 16.8. The lowest BCUT2D eigenvalue weighted by Crippen LogP contribution is -2.30. The van der Waals surface area contributed by atoms with Crippen LogP contribution >= 0.6 is 0 Å². The Hall–Kier alpha value is -3.10. The lowest BCUT2D eigenvalue weighted by atomic mass is 9.73. The minimum Gasteiger partial charge on any atom is -0.392 e. The number of hydrogen-bond donors (Lipinski definition) is 0. The molecule has 0 aliphatic carbocycles. The van der Waals surface area contributed by atoms with E-state index in [1.807, 2.05) is 0 Å². The van der Waals surface area contributed by atoms with Gasteiger partial charge in [0.15, 0.2) is 0 Å². The molecule has 1 fully saturated rings. The molecule has 0 aromatic heterocycles. The molecule has 3 rings (SSSR count). The average molecular weight is 404 g/mol. The van der Waals surface area contributed by atoms with E-state index in [1.165, 1.54) is 0 Å². The van der Waals surface area contributed by atoms with Crippen molar-refractivity contribution in [2.75, 3.05) is 0 Å². The minimum atomic E-state index is -1.60. The van der Waals surface area contributed by atoms with Crippen LogP contribution in [0.2, 0.25) is 0 Å². The molecule has 0 aromatic carbocycles. The molecule has 2 unspecified atom stereocenters. The van der Waals surface area contributed by atoms with Crippen LogP contribution < -0.4 is 0 Å². The summed E-state index contributed by atoms with van der Waals surface area (Å²) in [5.74, 6) is -9.43. The molecule has 29 heavy (non-hydrogen) atoms. The summed E-state index contributed by atoms with van der Waals surface area (Å²) in [5.41, 5.74) is -2.64. The second-order valence-electron chi connectivity index (χ2n) is 9.13. The van der Waals surface area contributed by atoms with E-state index in [0.29, 0.717) is 0 Å². The van der Waals surface area contributed by atoms with Gasteiger partial charge in [-0.3, -0.25) is 9.59 Å². The third kappa shape index (κ3) is 3.10. The molecule has 3 aliphatic heterocycles. The number of esters is 6. The second kappa shape index (κ2) is 6.20. The minimum absolute atomic E-state index is 0.0836. The van der Waals surface area contributed by atoms with E-state index < -0.39 is 58.5 Å². The molecule has 0 N–H and O–H groups in total. The van der Waals surface area contributed by atoms with E-state index in [0.717, 1.165) is 0 Å². The predicted octanol–water partition coefficient (Wildman–Crippen LogP) is 1.15. The van der Waals surface area contributed by atoms with Crippen LogP contribution in [0.3, 0.4) is 0 Å². The van der Waals surface area contributed by atoms with E-state index in [1.54, 1.807) is 41.5 Å². The molecule has 0 bridgehead atoms. The van der Waals surface area contributed by atoms with Crippen LogP contribution in [-0.2, 0) is 43.0 Å². The fourth-order valence-electron chi connectivity index (χ4n) is 3.86. The Labute approximate surface area is 166 Å². The standard InChI is InChI=1S/C20H20O9/c1-19(2,3)11-9(15(23)28-17(11)25)7-8(14(22)27-13(7)21)10-12(20(4,5)6)18(26)29-16(10)24/h7-8H,1-6H3. The third-order valence-electron chi connectivity index (χ3n) is 4.92. The van der Waals surface area contributed by atoms with Crippen molar-refractivity contribution in [3.8, 4) is 0 Å². The molecule has 3 aliphatic rings. The van der Waals surface area contributed by atoms with Gasteiger partial charge in [-0.2, -0.15) is 0 Å². The monoisotopic (exact) mass is 404 g/mol. The van der Waals surface area contributed by atoms with E-state index in [2.05, 4.69) is 0 Å². The van der Waals surface area contributed by atoms with Gasteiger partial charge in [-0.05, 0) is 10.8 Å². The zero-order chi connectivity index (χ0) is 22.0. The third-order valence-corrected chi connectivity index (χ3v) is 4.92. The Balaban J connectivity index is 2.30. The Kier molecular flexibility index (Phi) is 4.41. The van der Waals surface area contributed by atoms with Crippen LogP contribution in [0.5, 0.6) is 0 Å². The van der Waals surface area contributed by atoms with Gasteiger partial charge < -0.3 is 14.2 Å². The van der Waals surface area contributed by atoms with E-state index in [-0.39, 0.29) is 22.3 Å². The maximum Gasteiger partial charge on any atom is 0.343 e. The van der Waals surface area contributed by atoms with Crippen LogP contribution in [0.15, 0.2) is 22.3 Å². The van der Waals surface area contributed by atoms with Crippen molar-refractivity contribution in [2.24, 2.45) is 22.7 Å². The van der Waals surface area contributed by atoms with Gasteiger partial charge in [0, 0.05) is 0 Å². The second-order valence-corrected chi connectivity index (χ2v) is 9.13. The van der Waals surface area contributed by atoms with Crippen molar-refractivity contribution in [3.63, 3.8) is 0 Å². The highest BCUT2D eigenvalue weighted by atomic mass is 16.6. The van der Waals surface area contributed by atoms with E-state index in [4.69, 9.17) is 14.2 Å². The largest absolute Gasteiger partial charge is 0.392 e. The van der Waals surface area contributed by atoms with Gasteiger partial charge in [0.1, 0.15) is 11.8 Å². The normalized spacial score (nSPS) is 25.9. The summed E-state index contributed by atoms with van der Waals surface area (Å²) in [5, 5.41) is 0. The molecular weight excluding hydrogens is 384 g/mol. The van der Waals surface area contributed by atoms with Gasteiger partial charge in [0.2, 0.25) is 0 Å². The molecule has 154 valence electrons. The van der Waals surface area contributed by atoms with Crippen molar-refractivity contribution < 1.29 is 43.0 Å².